The van der Waals surface area contributed by atoms with Gasteiger partial charge in [-0.15, -0.1) is 0 Å². The Morgan fingerprint density at radius 2 is 2.09 bits per heavy atom. The molecule has 1 amide bonds. The highest BCUT2D eigenvalue weighted by Crippen LogP contribution is 2.27. The van der Waals surface area contributed by atoms with Gasteiger partial charge in [-0.2, -0.15) is 5.10 Å². The summed E-state index contributed by atoms with van der Waals surface area (Å²) in [6.07, 6.45) is 1.61. The summed E-state index contributed by atoms with van der Waals surface area (Å²) in [6, 6.07) is 11.2. The van der Waals surface area contributed by atoms with Crippen LogP contribution in [0.4, 0.5) is 0 Å². The molecule has 2 aromatic carbocycles. The lowest BCUT2D eigenvalue weighted by Gasteiger charge is -2.07. The van der Waals surface area contributed by atoms with E-state index < -0.39 is 0 Å². The molecule has 0 aliphatic carbocycles. The molecular weight excluding hydrogens is 380 g/mol. The zero-order chi connectivity index (χ0) is 16.8. The lowest BCUT2D eigenvalue weighted by molar-refractivity contribution is -0.123. The molecule has 0 heterocycles. The van der Waals surface area contributed by atoms with Gasteiger partial charge in [-0.05, 0) is 43.2 Å². The van der Waals surface area contributed by atoms with E-state index in [1.165, 1.54) is 5.56 Å². The van der Waals surface area contributed by atoms with E-state index in [-0.39, 0.29) is 12.5 Å². The number of halogens is 2. The fourth-order valence-corrected chi connectivity index (χ4v) is 2.64. The number of benzene rings is 2. The van der Waals surface area contributed by atoms with Crippen LogP contribution >= 0.6 is 27.5 Å². The van der Waals surface area contributed by atoms with E-state index in [1.54, 1.807) is 24.4 Å². The van der Waals surface area contributed by atoms with Crippen LogP contribution in [0, 0.1) is 13.8 Å². The number of carbonyl (C=O) groups excluding carboxylic acids is 1. The Hall–Kier alpha value is -1.85. The summed E-state index contributed by atoms with van der Waals surface area (Å²) < 4.78 is 6.20. The van der Waals surface area contributed by atoms with E-state index in [0.29, 0.717) is 10.8 Å². The molecule has 2 aromatic rings. The number of nitrogens with one attached hydrogen (secondary N) is 1. The largest absolute Gasteiger partial charge is 0.482 e. The summed E-state index contributed by atoms with van der Waals surface area (Å²) in [5.41, 5.74) is 5.66. The van der Waals surface area contributed by atoms with Crippen molar-refractivity contribution in [2.75, 3.05) is 6.61 Å². The summed E-state index contributed by atoms with van der Waals surface area (Å²) >= 11 is 9.32. The normalized spacial score (nSPS) is 10.8. The molecule has 0 bridgehead atoms. The SMILES string of the molecule is Cc1ccc(/C=N/NC(=O)COc2ccc(Br)cc2Cl)c(C)c1. The summed E-state index contributed by atoms with van der Waals surface area (Å²) in [5.74, 6) is 0.0911. The highest BCUT2D eigenvalue weighted by Gasteiger charge is 2.05. The number of ether oxygens (including phenoxy) is 1. The number of nitrogens with zero attached hydrogens (tertiary/aromatic N) is 1. The highest BCUT2D eigenvalue weighted by molar-refractivity contribution is 9.10. The second-order valence-electron chi connectivity index (χ2n) is 5.02. The van der Waals surface area contributed by atoms with Crippen LogP contribution in [0.25, 0.3) is 0 Å². The molecule has 120 valence electrons. The number of hydrogen-bond acceptors (Lipinski definition) is 3. The molecule has 0 fully saturated rings. The lowest BCUT2D eigenvalue weighted by Crippen LogP contribution is -2.24. The standard InChI is InChI=1S/C17H16BrClN2O2/c1-11-3-4-13(12(2)7-11)9-20-21-17(22)10-23-16-6-5-14(18)8-15(16)19/h3-9H,10H2,1-2H3,(H,21,22)/b20-9+. The minimum absolute atomic E-state index is 0.161. The van der Waals surface area contributed by atoms with Crippen molar-refractivity contribution >= 4 is 39.7 Å². The molecule has 0 saturated heterocycles. The van der Waals surface area contributed by atoms with Gasteiger partial charge in [-0.3, -0.25) is 4.79 Å². The van der Waals surface area contributed by atoms with Gasteiger partial charge in [0.25, 0.3) is 5.91 Å². The minimum atomic E-state index is -0.356. The molecule has 2 rings (SSSR count). The Morgan fingerprint density at radius 3 is 2.78 bits per heavy atom. The van der Waals surface area contributed by atoms with E-state index in [0.717, 1.165) is 15.6 Å². The van der Waals surface area contributed by atoms with Crippen LogP contribution in [0.3, 0.4) is 0 Å². The monoisotopic (exact) mass is 394 g/mol. The smallest absolute Gasteiger partial charge is 0.277 e. The molecule has 0 atom stereocenters. The first-order chi connectivity index (χ1) is 11.0. The molecule has 0 radical (unpaired) electrons. The second kappa shape index (κ2) is 8.13. The van der Waals surface area contributed by atoms with E-state index in [4.69, 9.17) is 16.3 Å². The van der Waals surface area contributed by atoms with Crippen molar-refractivity contribution in [1.82, 2.24) is 5.43 Å². The van der Waals surface area contributed by atoms with E-state index >= 15 is 0 Å². The molecule has 0 aliphatic heterocycles. The van der Waals surface area contributed by atoms with Crippen LogP contribution < -0.4 is 10.2 Å². The molecule has 0 saturated carbocycles. The van der Waals surface area contributed by atoms with Crippen molar-refractivity contribution in [3.05, 3.63) is 62.6 Å². The third-order valence-corrected chi connectivity index (χ3v) is 3.86. The number of hydrogen-bond donors (Lipinski definition) is 1. The third-order valence-electron chi connectivity index (χ3n) is 3.07. The molecule has 6 heteroatoms. The summed E-state index contributed by atoms with van der Waals surface area (Å²) in [5, 5.41) is 4.37. The number of amides is 1. The Morgan fingerprint density at radius 1 is 1.30 bits per heavy atom. The van der Waals surface area contributed by atoms with Crippen molar-refractivity contribution in [1.29, 1.82) is 0 Å². The molecule has 0 aliphatic rings. The molecule has 23 heavy (non-hydrogen) atoms. The zero-order valence-corrected chi connectivity index (χ0v) is 15.1. The molecule has 1 N–H and O–H groups in total. The fraction of sp³-hybridized carbons (Fsp3) is 0.176. The molecule has 0 aromatic heterocycles. The van der Waals surface area contributed by atoms with Gasteiger partial charge in [-0.1, -0.05) is 51.3 Å². The van der Waals surface area contributed by atoms with Crippen molar-refractivity contribution in [3.63, 3.8) is 0 Å². The van der Waals surface area contributed by atoms with Gasteiger partial charge in [0.2, 0.25) is 0 Å². The third kappa shape index (κ3) is 5.37. The van der Waals surface area contributed by atoms with Gasteiger partial charge in [0.05, 0.1) is 11.2 Å². The average molecular weight is 396 g/mol. The molecule has 4 nitrogen and oxygen atoms in total. The maximum atomic E-state index is 11.7. The van der Waals surface area contributed by atoms with Crippen molar-refractivity contribution in [2.24, 2.45) is 5.10 Å². The number of aryl methyl sites for hydroxylation is 2. The zero-order valence-electron chi connectivity index (χ0n) is 12.8. The predicted molar refractivity (Wildman–Crippen MR) is 96.3 cm³/mol. The molecule has 0 spiro atoms. The van der Waals surface area contributed by atoms with Crippen LogP contribution in [0.15, 0.2) is 46.0 Å². The first-order valence-corrected chi connectivity index (χ1v) is 8.10. The quantitative estimate of drug-likeness (QED) is 0.608. The minimum Gasteiger partial charge on any atom is -0.482 e. The van der Waals surface area contributed by atoms with Crippen LogP contribution in [-0.2, 0) is 4.79 Å². The maximum absolute atomic E-state index is 11.7. The molecule has 0 unspecified atom stereocenters. The van der Waals surface area contributed by atoms with Crippen LogP contribution in [0.1, 0.15) is 16.7 Å². The average Bonchev–Trinajstić information content (AvgIpc) is 2.48. The summed E-state index contributed by atoms with van der Waals surface area (Å²) in [4.78, 5) is 11.7. The highest BCUT2D eigenvalue weighted by atomic mass is 79.9. The van der Waals surface area contributed by atoms with Gasteiger partial charge in [0, 0.05) is 4.47 Å². The number of hydrazone groups is 1. The van der Waals surface area contributed by atoms with E-state index in [9.17, 15) is 4.79 Å². The summed E-state index contributed by atoms with van der Waals surface area (Å²) in [6.45, 7) is 3.86. The van der Waals surface area contributed by atoms with Gasteiger partial charge >= 0.3 is 0 Å². The Kier molecular flexibility index (Phi) is 6.19. The number of rotatable bonds is 5. The Bertz CT molecular complexity index is 747. The van der Waals surface area contributed by atoms with Crippen LogP contribution in [-0.4, -0.2) is 18.7 Å². The second-order valence-corrected chi connectivity index (χ2v) is 6.34. The van der Waals surface area contributed by atoms with Crippen molar-refractivity contribution < 1.29 is 9.53 Å². The van der Waals surface area contributed by atoms with Gasteiger partial charge in [0.1, 0.15) is 5.75 Å². The molecular formula is C17H16BrClN2O2. The lowest BCUT2D eigenvalue weighted by atomic mass is 10.1. The topological polar surface area (TPSA) is 50.7 Å². The first-order valence-electron chi connectivity index (χ1n) is 6.92. The van der Waals surface area contributed by atoms with Gasteiger partial charge in [-0.25, -0.2) is 5.43 Å². The first kappa shape index (κ1) is 17.5. The fourth-order valence-electron chi connectivity index (χ4n) is 1.91. The van der Waals surface area contributed by atoms with Crippen molar-refractivity contribution in [3.8, 4) is 5.75 Å². The van der Waals surface area contributed by atoms with E-state index in [1.807, 2.05) is 26.0 Å². The van der Waals surface area contributed by atoms with Crippen molar-refractivity contribution in [2.45, 2.75) is 13.8 Å². The maximum Gasteiger partial charge on any atom is 0.277 e. The Labute approximate surface area is 148 Å². The number of carbonyl (C=O) groups is 1. The predicted octanol–water partition coefficient (Wildman–Crippen LogP) is 4.25. The van der Waals surface area contributed by atoms with Gasteiger partial charge < -0.3 is 4.74 Å². The van der Waals surface area contributed by atoms with Crippen LogP contribution in [0.5, 0.6) is 5.75 Å². The van der Waals surface area contributed by atoms with E-state index in [2.05, 4.69) is 32.5 Å². The summed E-state index contributed by atoms with van der Waals surface area (Å²) in [7, 11) is 0. The Balaban J connectivity index is 1.86. The van der Waals surface area contributed by atoms with Gasteiger partial charge in [0.15, 0.2) is 6.61 Å². The van der Waals surface area contributed by atoms with Crippen LogP contribution in [0.2, 0.25) is 5.02 Å².